The summed E-state index contributed by atoms with van der Waals surface area (Å²) in [5.74, 6) is -0.667. The normalized spacial score (nSPS) is 9.68. The molecule has 0 fully saturated rings. The van der Waals surface area contributed by atoms with E-state index >= 15 is 0 Å². The molecule has 0 atom stereocenters. The highest BCUT2D eigenvalue weighted by molar-refractivity contribution is 5.98. The molecule has 0 aliphatic rings. The molecule has 0 spiro atoms. The molecule has 0 radical (unpaired) electrons. The highest BCUT2D eigenvalue weighted by Gasteiger charge is 2.08. The van der Waals surface area contributed by atoms with E-state index in [-0.39, 0.29) is 18.4 Å². The van der Waals surface area contributed by atoms with E-state index in [1.165, 1.54) is 6.92 Å². The molecule has 1 aromatic rings. The minimum absolute atomic E-state index is 0.306. The lowest BCUT2D eigenvalue weighted by Crippen LogP contribution is -2.12. The predicted molar refractivity (Wildman–Crippen MR) is 78.7 cm³/mol. The van der Waals surface area contributed by atoms with Crippen LogP contribution in [0.15, 0.2) is 36.9 Å². The van der Waals surface area contributed by atoms with Crippen LogP contribution in [0.2, 0.25) is 0 Å². The van der Waals surface area contributed by atoms with E-state index in [4.69, 9.17) is 9.47 Å². The molecule has 0 heterocycles. The molecular weight excluding hydrogens is 288 g/mol. The Labute approximate surface area is 128 Å². The van der Waals surface area contributed by atoms with Gasteiger partial charge in [0.25, 0.3) is 0 Å². The van der Waals surface area contributed by atoms with Gasteiger partial charge >= 0.3 is 11.9 Å². The summed E-state index contributed by atoms with van der Waals surface area (Å²) in [4.78, 5) is 33.2. The number of carbonyl (C=O) groups excluding carboxylic acids is 3. The predicted octanol–water partition coefficient (Wildman–Crippen LogP) is 1.93. The maximum absolute atomic E-state index is 11.7. The number of Topliss-reactive ketones (excluding diaryl/α,β-unsaturated/α-hetero) is 1. The summed E-state index contributed by atoms with van der Waals surface area (Å²) in [5.41, 5.74) is 0.420. The molecule has 0 N–H and O–H groups in total. The van der Waals surface area contributed by atoms with Crippen LogP contribution in [0.4, 0.5) is 0 Å². The van der Waals surface area contributed by atoms with Crippen molar-refractivity contribution in [1.82, 2.24) is 0 Å². The van der Waals surface area contributed by atoms with Gasteiger partial charge in [-0.05, 0) is 24.3 Å². The molecule has 1 rings (SSSR count). The summed E-state index contributed by atoms with van der Waals surface area (Å²) >= 11 is 0. The van der Waals surface area contributed by atoms with E-state index in [1.54, 1.807) is 24.3 Å². The summed E-state index contributed by atoms with van der Waals surface area (Å²) < 4.78 is 14.9. The van der Waals surface area contributed by atoms with Gasteiger partial charge in [0, 0.05) is 25.0 Å². The van der Waals surface area contributed by atoms with Gasteiger partial charge in [-0.3, -0.25) is 9.59 Å². The Morgan fingerprint density at radius 3 is 2.36 bits per heavy atom. The standard InChI is InChI=1S/C16H18O6/c1-3-16(19)22-11-15(18)13-5-7-14(8-6-13)21-10-4-9-20-12(2)17/h3,5-8H,1,4,9-11H2,2H3. The average Bonchev–Trinajstić information content (AvgIpc) is 2.52. The number of hydrogen-bond acceptors (Lipinski definition) is 6. The van der Waals surface area contributed by atoms with E-state index in [1.807, 2.05) is 0 Å². The van der Waals surface area contributed by atoms with Gasteiger partial charge in [-0.15, -0.1) is 0 Å². The number of hydrogen-bond donors (Lipinski definition) is 0. The second-order valence-electron chi connectivity index (χ2n) is 4.30. The maximum Gasteiger partial charge on any atom is 0.330 e. The first kappa shape index (κ1) is 17.4. The molecule has 6 heteroatoms. The van der Waals surface area contributed by atoms with Crippen LogP contribution in [-0.4, -0.2) is 37.5 Å². The number of benzene rings is 1. The third-order valence-electron chi connectivity index (χ3n) is 2.55. The van der Waals surface area contributed by atoms with Gasteiger partial charge in [0.1, 0.15) is 5.75 Å². The van der Waals surface area contributed by atoms with Gasteiger partial charge in [0.2, 0.25) is 0 Å². The lowest BCUT2D eigenvalue weighted by atomic mass is 10.1. The zero-order valence-electron chi connectivity index (χ0n) is 12.4. The van der Waals surface area contributed by atoms with Crippen LogP contribution in [0, 0.1) is 0 Å². The molecule has 0 saturated heterocycles. The Hall–Kier alpha value is -2.63. The molecule has 0 amide bonds. The van der Waals surface area contributed by atoms with E-state index in [2.05, 4.69) is 11.3 Å². The van der Waals surface area contributed by atoms with Gasteiger partial charge in [-0.1, -0.05) is 6.58 Å². The van der Waals surface area contributed by atoms with Crippen molar-refractivity contribution in [3.63, 3.8) is 0 Å². The third kappa shape index (κ3) is 6.69. The summed E-state index contributed by atoms with van der Waals surface area (Å²) in [7, 11) is 0. The molecule has 0 aromatic heterocycles. The Kier molecular flexibility index (Phi) is 7.39. The van der Waals surface area contributed by atoms with Crippen molar-refractivity contribution in [3.8, 4) is 5.75 Å². The Balaban J connectivity index is 2.36. The van der Waals surface area contributed by atoms with E-state index < -0.39 is 5.97 Å². The molecule has 0 bridgehead atoms. The van der Waals surface area contributed by atoms with Gasteiger partial charge in [-0.25, -0.2) is 4.79 Å². The van der Waals surface area contributed by atoms with Crippen LogP contribution < -0.4 is 4.74 Å². The first-order chi connectivity index (χ1) is 10.5. The van der Waals surface area contributed by atoms with Crippen LogP contribution in [0.3, 0.4) is 0 Å². The third-order valence-corrected chi connectivity index (χ3v) is 2.55. The lowest BCUT2D eigenvalue weighted by molar-refractivity contribution is -0.141. The summed E-state index contributed by atoms with van der Waals surface area (Å²) in [6.07, 6.45) is 1.58. The second-order valence-corrected chi connectivity index (χ2v) is 4.30. The number of ether oxygens (including phenoxy) is 3. The Bertz CT molecular complexity index is 532. The van der Waals surface area contributed by atoms with Crippen LogP contribution >= 0.6 is 0 Å². The first-order valence-corrected chi connectivity index (χ1v) is 6.71. The fourth-order valence-electron chi connectivity index (χ4n) is 1.48. The van der Waals surface area contributed by atoms with Crippen LogP contribution in [0.5, 0.6) is 5.75 Å². The highest BCUT2D eigenvalue weighted by Crippen LogP contribution is 2.13. The molecular formula is C16H18O6. The largest absolute Gasteiger partial charge is 0.493 e. The van der Waals surface area contributed by atoms with Crippen LogP contribution in [0.1, 0.15) is 23.7 Å². The average molecular weight is 306 g/mol. The summed E-state index contributed by atoms with van der Waals surface area (Å²) in [5, 5.41) is 0. The van der Waals surface area contributed by atoms with Crippen molar-refractivity contribution in [2.45, 2.75) is 13.3 Å². The second kappa shape index (κ2) is 9.33. The fourth-order valence-corrected chi connectivity index (χ4v) is 1.48. The quantitative estimate of drug-likeness (QED) is 0.300. The Morgan fingerprint density at radius 1 is 1.09 bits per heavy atom. The number of rotatable bonds is 9. The Morgan fingerprint density at radius 2 is 1.77 bits per heavy atom. The topological polar surface area (TPSA) is 78.9 Å². The minimum atomic E-state index is -0.638. The van der Waals surface area contributed by atoms with Crippen molar-refractivity contribution in [3.05, 3.63) is 42.5 Å². The maximum atomic E-state index is 11.7. The molecule has 0 aliphatic heterocycles. The fraction of sp³-hybridized carbons (Fsp3) is 0.312. The molecule has 118 valence electrons. The molecule has 22 heavy (non-hydrogen) atoms. The zero-order valence-corrected chi connectivity index (χ0v) is 12.4. The van der Waals surface area contributed by atoms with Crippen LogP contribution in [-0.2, 0) is 19.1 Å². The van der Waals surface area contributed by atoms with Gasteiger partial charge in [-0.2, -0.15) is 0 Å². The number of ketones is 1. The summed E-state index contributed by atoms with van der Waals surface area (Å²) in [6, 6.07) is 6.47. The molecule has 0 saturated carbocycles. The molecule has 6 nitrogen and oxygen atoms in total. The van der Waals surface area contributed by atoms with E-state index in [9.17, 15) is 14.4 Å². The van der Waals surface area contributed by atoms with Gasteiger partial charge in [0.15, 0.2) is 12.4 Å². The lowest BCUT2D eigenvalue weighted by Gasteiger charge is -2.07. The van der Waals surface area contributed by atoms with Crippen molar-refractivity contribution in [2.24, 2.45) is 0 Å². The van der Waals surface area contributed by atoms with Gasteiger partial charge < -0.3 is 14.2 Å². The number of carbonyl (C=O) groups is 3. The van der Waals surface area contributed by atoms with E-state index in [0.717, 1.165) is 6.08 Å². The minimum Gasteiger partial charge on any atom is -0.493 e. The van der Waals surface area contributed by atoms with Gasteiger partial charge in [0.05, 0.1) is 13.2 Å². The molecule has 0 aliphatic carbocycles. The van der Waals surface area contributed by atoms with Crippen molar-refractivity contribution in [1.29, 1.82) is 0 Å². The first-order valence-electron chi connectivity index (χ1n) is 6.71. The zero-order chi connectivity index (χ0) is 16.4. The van der Waals surface area contributed by atoms with Crippen molar-refractivity contribution in [2.75, 3.05) is 19.8 Å². The van der Waals surface area contributed by atoms with E-state index in [0.29, 0.717) is 30.9 Å². The van der Waals surface area contributed by atoms with Crippen molar-refractivity contribution < 1.29 is 28.6 Å². The van der Waals surface area contributed by atoms with Crippen LogP contribution in [0.25, 0.3) is 0 Å². The number of esters is 2. The van der Waals surface area contributed by atoms with Crippen molar-refractivity contribution >= 4 is 17.7 Å². The summed E-state index contributed by atoms with van der Waals surface area (Å²) in [6.45, 7) is 4.97. The smallest absolute Gasteiger partial charge is 0.330 e. The molecule has 1 aromatic carbocycles. The molecule has 0 unspecified atom stereocenters. The monoisotopic (exact) mass is 306 g/mol. The SMILES string of the molecule is C=CC(=O)OCC(=O)c1ccc(OCCCOC(C)=O)cc1. The highest BCUT2D eigenvalue weighted by atomic mass is 16.5.